The summed E-state index contributed by atoms with van der Waals surface area (Å²) < 4.78 is 5.78. The van der Waals surface area contributed by atoms with Crippen LogP contribution in [0.3, 0.4) is 0 Å². The molecule has 0 aromatic heterocycles. The van der Waals surface area contributed by atoms with E-state index in [0.717, 1.165) is 30.9 Å². The molecule has 1 N–H and O–H groups in total. The summed E-state index contributed by atoms with van der Waals surface area (Å²) in [6.07, 6.45) is 7.72. The van der Waals surface area contributed by atoms with E-state index in [2.05, 4.69) is 26.1 Å². The largest absolute Gasteiger partial charge is 0.377 e. The molecular formula is C15H29NO. The van der Waals surface area contributed by atoms with Crippen LogP contribution in [0, 0.1) is 17.8 Å². The number of ether oxygens (including phenoxy) is 1. The van der Waals surface area contributed by atoms with Crippen LogP contribution in [-0.2, 0) is 4.74 Å². The summed E-state index contributed by atoms with van der Waals surface area (Å²) in [7, 11) is 0. The summed E-state index contributed by atoms with van der Waals surface area (Å²) >= 11 is 0. The van der Waals surface area contributed by atoms with Crippen LogP contribution in [0.5, 0.6) is 0 Å². The zero-order valence-electron chi connectivity index (χ0n) is 11.7. The van der Waals surface area contributed by atoms with Gasteiger partial charge >= 0.3 is 0 Å². The van der Waals surface area contributed by atoms with Crippen molar-refractivity contribution in [2.24, 2.45) is 17.8 Å². The Hall–Kier alpha value is -0.0800. The zero-order valence-corrected chi connectivity index (χ0v) is 11.7. The van der Waals surface area contributed by atoms with Crippen LogP contribution in [0.25, 0.3) is 0 Å². The highest BCUT2D eigenvalue weighted by atomic mass is 16.5. The second-order valence-corrected chi connectivity index (χ2v) is 6.31. The van der Waals surface area contributed by atoms with E-state index in [1.807, 2.05) is 0 Å². The quantitative estimate of drug-likeness (QED) is 0.736. The third-order valence-electron chi connectivity index (χ3n) is 4.60. The average Bonchev–Trinajstić information content (AvgIpc) is 2.88. The first-order valence-corrected chi connectivity index (χ1v) is 7.54. The molecule has 4 unspecified atom stereocenters. The maximum Gasteiger partial charge on any atom is 0.0623 e. The molecule has 0 radical (unpaired) electrons. The molecule has 0 aliphatic heterocycles. The van der Waals surface area contributed by atoms with E-state index in [9.17, 15) is 0 Å². The molecule has 2 aliphatic carbocycles. The van der Waals surface area contributed by atoms with Crippen molar-refractivity contribution in [2.45, 2.75) is 65.0 Å². The normalized spacial score (nSPS) is 33.5. The molecule has 0 saturated heterocycles. The number of hydrogen-bond donors (Lipinski definition) is 1. The Kier molecular flexibility index (Phi) is 4.87. The van der Waals surface area contributed by atoms with Crippen molar-refractivity contribution in [3.8, 4) is 0 Å². The van der Waals surface area contributed by atoms with Crippen molar-refractivity contribution in [1.29, 1.82) is 0 Å². The lowest BCUT2D eigenvalue weighted by atomic mass is 9.84. The van der Waals surface area contributed by atoms with Gasteiger partial charge in [0.1, 0.15) is 0 Å². The molecule has 17 heavy (non-hydrogen) atoms. The van der Waals surface area contributed by atoms with Crippen molar-refractivity contribution in [3.63, 3.8) is 0 Å². The highest BCUT2D eigenvalue weighted by molar-refractivity contribution is 4.91. The third kappa shape index (κ3) is 3.69. The Morgan fingerprint density at radius 1 is 1.24 bits per heavy atom. The predicted molar refractivity (Wildman–Crippen MR) is 72.1 cm³/mol. The SMILES string of the molecule is CCNC(COC(C)C)CC1CC2CCC1C2. The summed E-state index contributed by atoms with van der Waals surface area (Å²) in [4.78, 5) is 0. The molecule has 2 bridgehead atoms. The van der Waals surface area contributed by atoms with E-state index < -0.39 is 0 Å². The van der Waals surface area contributed by atoms with Crippen LogP contribution in [0.4, 0.5) is 0 Å². The number of fused-ring (bicyclic) bond motifs is 2. The topological polar surface area (TPSA) is 21.3 Å². The van der Waals surface area contributed by atoms with Gasteiger partial charge in [0.25, 0.3) is 0 Å². The monoisotopic (exact) mass is 239 g/mol. The van der Waals surface area contributed by atoms with Crippen molar-refractivity contribution in [3.05, 3.63) is 0 Å². The van der Waals surface area contributed by atoms with E-state index in [4.69, 9.17) is 4.74 Å². The van der Waals surface area contributed by atoms with Crippen LogP contribution in [0.15, 0.2) is 0 Å². The van der Waals surface area contributed by atoms with Crippen LogP contribution < -0.4 is 5.32 Å². The lowest BCUT2D eigenvalue weighted by Crippen LogP contribution is -2.37. The van der Waals surface area contributed by atoms with Gasteiger partial charge in [-0.3, -0.25) is 0 Å². The first kappa shape index (κ1) is 13.4. The first-order chi connectivity index (χ1) is 8.19. The standard InChI is InChI=1S/C15H29NO/c1-4-16-15(10-17-11(2)3)9-14-8-12-5-6-13(14)7-12/h11-16H,4-10H2,1-3H3. The van der Waals surface area contributed by atoms with Gasteiger partial charge in [0.05, 0.1) is 12.7 Å². The van der Waals surface area contributed by atoms with Gasteiger partial charge in [-0.15, -0.1) is 0 Å². The minimum atomic E-state index is 0.358. The van der Waals surface area contributed by atoms with Crippen LogP contribution >= 0.6 is 0 Å². The molecule has 2 aliphatic rings. The molecule has 0 spiro atoms. The Balaban J connectivity index is 1.76. The molecule has 2 fully saturated rings. The minimum absolute atomic E-state index is 0.358. The Bertz CT molecular complexity index is 229. The maximum absolute atomic E-state index is 5.78. The highest BCUT2D eigenvalue weighted by Crippen LogP contribution is 2.49. The van der Waals surface area contributed by atoms with Crippen LogP contribution in [0.1, 0.15) is 52.9 Å². The lowest BCUT2D eigenvalue weighted by molar-refractivity contribution is 0.0539. The Morgan fingerprint density at radius 2 is 2.06 bits per heavy atom. The minimum Gasteiger partial charge on any atom is -0.377 e. The van der Waals surface area contributed by atoms with Gasteiger partial charge in [-0.25, -0.2) is 0 Å². The van der Waals surface area contributed by atoms with Crippen molar-refractivity contribution in [1.82, 2.24) is 5.32 Å². The fourth-order valence-corrected chi connectivity index (χ4v) is 3.84. The molecule has 2 heteroatoms. The molecule has 0 aromatic rings. The Morgan fingerprint density at radius 3 is 2.59 bits per heavy atom. The number of likely N-dealkylation sites (N-methyl/N-ethyl adjacent to an activating group) is 1. The predicted octanol–water partition coefficient (Wildman–Crippen LogP) is 3.22. The van der Waals surface area contributed by atoms with Gasteiger partial charge in [-0.1, -0.05) is 13.3 Å². The smallest absolute Gasteiger partial charge is 0.0623 e. The molecule has 0 aromatic carbocycles. The second kappa shape index (κ2) is 6.19. The number of nitrogens with one attached hydrogen (secondary N) is 1. The summed E-state index contributed by atoms with van der Waals surface area (Å²) in [5, 5.41) is 3.60. The molecule has 2 saturated carbocycles. The fraction of sp³-hybridized carbons (Fsp3) is 1.00. The van der Waals surface area contributed by atoms with Crippen molar-refractivity contribution in [2.75, 3.05) is 13.2 Å². The molecule has 2 rings (SSSR count). The fourth-order valence-electron chi connectivity index (χ4n) is 3.84. The number of rotatable bonds is 7. The second-order valence-electron chi connectivity index (χ2n) is 6.31. The summed E-state index contributed by atoms with van der Waals surface area (Å²) in [5.74, 6) is 3.09. The summed E-state index contributed by atoms with van der Waals surface area (Å²) in [5.41, 5.74) is 0. The van der Waals surface area contributed by atoms with Gasteiger partial charge in [0, 0.05) is 6.04 Å². The van der Waals surface area contributed by atoms with E-state index in [1.165, 1.54) is 32.1 Å². The zero-order chi connectivity index (χ0) is 12.3. The molecular weight excluding hydrogens is 210 g/mol. The van der Waals surface area contributed by atoms with Gasteiger partial charge < -0.3 is 10.1 Å². The van der Waals surface area contributed by atoms with Gasteiger partial charge in [0.2, 0.25) is 0 Å². The number of hydrogen-bond acceptors (Lipinski definition) is 2. The van der Waals surface area contributed by atoms with E-state index >= 15 is 0 Å². The first-order valence-electron chi connectivity index (χ1n) is 7.54. The average molecular weight is 239 g/mol. The third-order valence-corrected chi connectivity index (χ3v) is 4.60. The molecule has 4 atom stereocenters. The van der Waals surface area contributed by atoms with Crippen LogP contribution in [-0.4, -0.2) is 25.3 Å². The summed E-state index contributed by atoms with van der Waals surface area (Å²) in [6.45, 7) is 8.40. The molecule has 100 valence electrons. The van der Waals surface area contributed by atoms with Gasteiger partial charge in [-0.2, -0.15) is 0 Å². The van der Waals surface area contributed by atoms with E-state index in [0.29, 0.717) is 12.1 Å². The highest BCUT2D eigenvalue weighted by Gasteiger charge is 2.39. The summed E-state index contributed by atoms with van der Waals surface area (Å²) in [6, 6.07) is 0.576. The maximum atomic E-state index is 5.78. The van der Waals surface area contributed by atoms with E-state index in [1.54, 1.807) is 0 Å². The van der Waals surface area contributed by atoms with Crippen LogP contribution in [0.2, 0.25) is 0 Å². The van der Waals surface area contributed by atoms with Gasteiger partial charge in [-0.05, 0) is 63.8 Å². The van der Waals surface area contributed by atoms with Crippen molar-refractivity contribution < 1.29 is 4.74 Å². The van der Waals surface area contributed by atoms with Gasteiger partial charge in [0.15, 0.2) is 0 Å². The van der Waals surface area contributed by atoms with Crippen molar-refractivity contribution >= 4 is 0 Å². The lowest BCUT2D eigenvalue weighted by Gasteiger charge is -2.27. The molecule has 0 heterocycles. The molecule has 2 nitrogen and oxygen atoms in total. The van der Waals surface area contributed by atoms with E-state index in [-0.39, 0.29) is 0 Å². The Labute approximate surface area is 107 Å². The molecule has 0 amide bonds.